The number of aromatic nitrogens is 3. The van der Waals surface area contributed by atoms with Crippen LogP contribution in [0.5, 0.6) is 5.88 Å². The Kier molecular flexibility index (Phi) is 6.20. The number of aryl methyl sites for hydroxylation is 1. The molecule has 1 atom stereocenters. The summed E-state index contributed by atoms with van der Waals surface area (Å²) in [5.41, 5.74) is 7.05. The van der Waals surface area contributed by atoms with Crippen molar-refractivity contribution >= 4 is 17.5 Å². The number of Topliss-reactive ketones (excluding diaryl/α,β-unsaturated/α-hetero) is 1. The molecule has 0 saturated carbocycles. The molecule has 0 radical (unpaired) electrons. The second-order valence-corrected chi connectivity index (χ2v) is 7.71. The number of methoxy groups -OCH3 is 1. The van der Waals surface area contributed by atoms with Crippen molar-refractivity contribution in [3.8, 4) is 11.6 Å². The third kappa shape index (κ3) is 4.48. The van der Waals surface area contributed by atoms with Crippen molar-refractivity contribution in [1.82, 2.24) is 19.8 Å². The van der Waals surface area contributed by atoms with E-state index in [-0.39, 0.29) is 35.7 Å². The lowest BCUT2D eigenvalue weighted by Crippen LogP contribution is -2.42. The van der Waals surface area contributed by atoms with Crippen LogP contribution in [0.2, 0.25) is 0 Å². The third-order valence-electron chi connectivity index (χ3n) is 5.62. The van der Waals surface area contributed by atoms with Crippen LogP contribution in [0.4, 0.5) is 10.2 Å². The number of carbonyl (C=O) groups is 2. The molecule has 1 amide bonds. The van der Waals surface area contributed by atoms with E-state index >= 15 is 0 Å². The van der Waals surface area contributed by atoms with E-state index in [1.807, 2.05) is 0 Å². The number of nitrogens with two attached hydrogens (primary N) is 1. The lowest BCUT2D eigenvalue weighted by Gasteiger charge is -2.32. The molecule has 0 aliphatic carbocycles. The number of ketones is 1. The van der Waals surface area contributed by atoms with Crippen LogP contribution in [0.3, 0.4) is 0 Å². The SMILES string of the molecule is COc1cc(CCC(=O)N2CCC[C@H](C(=O)c3cnn(-c4ccc(F)cc4)c3N)C2)on1. The molecule has 4 rings (SSSR count). The Balaban J connectivity index is 1.40. The highest BCUT2D eigenvalue weighted by Crippen LogP contribution is 2.26. The van der Waals surface area contributed by atoms with Crippen molar-refractivity contribution in [2.45, 2.75) is 25.7 Å². The van der Waals surface area contributed by atoms with Crippen LogP contribution in [-0.4, -0.2) is 51.7 Å². The summed E-state index contributed by atoms with van der Waals surface area (Å²) in [5, 5.41) is 7.92. The van der Waals surface area contributed by atoms with E-state index in [4.69, 9.17) is 15.0 Å². The fourth-order valence-corrected chi connectivity index (χ4v) is 3.87. The number of carbonyl (C=O) groups excluding carboxylic acids is 2. The van der Waals surface area contributed by atoms with Crippen LogP contribution in [0.15, 0.2) is 41.1 Å². The zero-order chi connectivity index (χ0) is 22.7. The van der Waals surface area contributed by atoms with Crippen molar-refractivity contribution in [2.75, 3.05) is 25.9 Å². The van der Waals surface area contributed by atoms with Gasteiger partial charge in [0.05, 0.1) is 24.6 Å². The number of nitrogens with zero attached hydrogens (tertiary/aromatic N) is 4. The van der Waals surface area contributed by atoms with Gasteiger partial charge in [0.25, 0.3) is 5.88 Å². The molecular formula is C22H24FN5O4. The van der Waals surface area contributed by atoms with Gasteiger partial charge < -0.3 is 19.9 Å². The summed E-state index contributed by atoms with van der Waals surface area (Å²) < 4.78 is 24.7. The molecule has 3 heterocycles. The second-order valence-electron chi connectivity index (χ2n) is 7.71. The summed E-state index contributed by atoms with van der Waals surface area (Å²) >= 11 is 0. The molecule has 10 heteroatoms. The highest BCUT2D eigenvalue weighted by atomic mass is 19.1. The number of piperidine rings is 1. The number of ether oxygens (including phenoxy) is 1. The quantitative estimate of drug-likeness (QED) is 0.560. The van der Waals surface area contributed by atoms with Gasteiger partial charge in [0, 0.05) is 37.9 Å². The van der Waals surface area contributed by atoms with Gasteiger partial charge >= 0.3 is 0 Å². The van der Waals surface area contributed by atoms with Gasteiger partial charge in [0.2, 0.25) is 5.91 Å². The molecule has 168 valence electrons. The summed E-state index contributed by atoms with van der Waals surface area (Å²) in [4.78, 5) is 27.5. The van der Waals surface area contributed by atoms with Crippen molar-refractivity contribution < 1.29 is 23.2 Å². The van der Waals surface area contributed by atoms with E-state index in [1.54, 1.807) is 11.0 Å². The van der Waals surface area contributed by atoms with Gasteiger partial charge in [-0.05, 0) is 42.3 Å². The van der Waals surface area contributed by atoms with Crippen LogP contribution >= 0.6 is 0 Å². The number of likely N-dealkylation sites (tertiary alicyclic amines) is 1. The number of amides is 1. The first-order chi connectivity index (χ1) is 15.5. The van der Waals surface area contributed by atoms with Crippen molar-refractivity contribution in [3.05, 3.63) is 53.7 Å². The fraction of sp³-hybridized carbons (Fsp3) is 0.364. The van der Waals surface area contributed by atoms with Gasteiger partial charge in [0.1, 0.15) is 17.4 Å². The number of rotatable bonds is 7. The lowest BCUT2D eigenvalue weighted by atomic mass is 9.90. The molecule has 0 unspecified atom stereocenters. The molecule has 3 aromatic rings. The molecule has 0 spiro atoms. The number of benzene rings is 1. The number of hydrogen-bond donors (Lipinski definition) is 1. The van der Waals surface area contributed by atoms with Gasteiger partial charge in [-0.25, -0.2) is 9.07 Å². The second kappa shape index (κ2) is 9.21. The van der Waals surface area contributed by atoms with Crippen molar-refractivity contribution in [1.29, 1.82) is 0 Å². The lowest BCUT2D eigenvalue weighted by molar-refractivity contribution is -0.132. The molecule has 1 aliphatic rings. The van der Waals surface area contributed by atoms with E-state index < -0.39 is 0 Å². The van der Waals surface area contributed by atoms with Gasteiger partial charge in [-0.2, -0.15) is 5.10 Å². The largest absolute Gasteiger partial charge is 0.479 e. The van der Waals surface area contributed by atoms with Crippen LogP contribution < -0.4 is 10.5 Å². The van der Waals surface area contributed by atoms with Crippen molar-refractivity contribution in [3.63, 3.8) is 0 Å². The van der Waals surface area contributed by atoms with Gasteiger partial charge in [0.15, 0.2) is 5.78 Å². The Labute approximate surface area is 183 Å². The first-order valence-corrected chi connectivity index (χ1v) is 10.4. The Morgan fingerprint density at radius 2 is 2.09 bits per heavy atom. The zero-order valence-corrected chi connectivity index (χ0v) is 17.7. The molecule has 1 fully saturated rings. The Morgan fingerprint density at radius 1 is 1.31 bits per heavy atom. The predicted octanol–water partition coefficient (Wildman–Crippen LogP) is 2.64. The molecule has 2 aromatic heterocycles. The third-order valence-corrected chi connectivity index (χ3v) is 5.62. The molecule has 2 N–H and O–H groups in total. The molecule has 9 nitrogen and oxygen atoms in total. The van der Waals surface area contributed by atoms with E-state index in [0.717, 1.165) is 6.42 Å². The molecule has 1 aliphatic heterocycles. The summed E-state index contributed by atoms with van der Waals surface area (Å²) in [5.74, 6) is 0.220. The number of hydrogen-bond acceptors (Lipinski definition) is 7. The molecule has 0 bridgehead atoms. The van der Waals surface area contributed by atoms with E-state index in [0.29, 0.717) is 48.8 Å². The first-order valence-electron chi connectivity index (χ1n) is 10.4. The summed E-state index contributed by atoms with van der Waals surface area (Å²) in [7, 11) is 1.49. The first kappa shape index (κ1) is 21.5. The Hall–Kier alpha value is -3.69. The van der Waals surface area contributed by atoms with E-state index in [1.165, 1.54) is 42.3 Å². The van der Waals surface area contributed by atoms with Crippen LogP contribution in [-0.2, 0) is 11.2 Å². The standard InChI is InChI=1S/C22H24FN5O4/c1-31-19-11-17(32-26-19)8-9-20(29)27-10-2-3-14(13-27)21(30)18-12-25-28(22(18)24)16-6-4-15(23)5-7-16/h4-7,11-12,14H,2-3,8-10,13,24H2,1H3/t14-/m0/s1. The predicted molar refractivity (Wildman–Crippen MR) is 113 cm³/mol. The Morgan fingerprint density at radius 3 is 2.81 bits per heavy atom. The number of nitrogen functional groups attached to an aromatic ring is 1. The topological polar surface area (TPSA) is 116 Å². The monoisotopic (exact) mass is 441 g/mol. The van der Waals surface area contributed by atoms with Crippen LogP contribution in [0, 0.1) is 11.7 Å². The normalized spacial score (nSPS) is 16.2. The minimum atomic E-state index is -0.370. The minimum Gasteiger partial charge on any atom is -0.479 e. The van der Waals surface area contributed by atoms with E-state index in [2.05, 4.69) is 10.3 Å². The highest BCUT2D eigenvalue weighted by Gasteiger charge is 2.31. The van der Waals surface area contributed by atoms with Gasteiger partial charge in [-0.15, -0.1) is 0 Å². The van der Waals surface area contributed by atoms with Crippen LogP contribution in [0.1, 0.15) is 35.4 Å². The van der Waals surface area contributed by atoms with Crippen molar-refractivity contribution in [2.24, 2.45) is 5.92 Å². The molecule has 1 aromatic carbocycles. The molecule has 32 heavy (non-hydrogen) atoms. The average molecular weight is 441 g/mol. The zero-order valence-electron chi connectivity index (χ0n) is 17.7. The maximum atomic E-state index is 13.2. The van der Waals surface area contributed by atoms with Crippen LogP contribution in [0.25, 0.3) is 5.69 Å². The number of anilines is 1. The average Bonchev–Trinajstić information content (AvgIpc) is 3.44. The van der Waals surface area contributed by atoms with Gasteiger partial charge in [-0.1, -0.05) is 0 Å². The smallest absolute Gasteiger partial charge is 0.254 e. The maximum absolute atomic E-state index is 13.2. The molecular weight excluding hydrogens is 417 g/mol. The maximum Gasteiger partial charge on any atom is 0.254 e. The van der Waals surface area contributed by atoms with E-state index in [9.17, 15) is 14.0 Å². The highest BCUT2D eigenvalue weighted by molar-refractivity contribution is 6.02. The summed E-state index contributed by atoms with van der Waals surface area (Å²) in [6.45, 7) is 0.936. The summed E-state index contributed by atoms with van der Waals surface area (Å²) in [6, 6.07) is 7.34. The number of halogens is 1. The Bertz CT molecular complexity index is 1110. The summed E-state index contributed by atoms with van der Waals surface area (Å²) in [6.07, 6.45) is 3.48. The minimum absolute atomic E-state index is 0.0483. The van der Waals surface area contributed by atoms with Gasteiger partial charge in [-0.3, -0.25) is 9.59 Å². The molecule has 1 saturated heterocycles. The fourth-order valence-electron chi connectivity index (χ4n) is 3.87.